The number of anilines is 1. The van der Waals surface area contributed by atoms with Gasteiger partial charge >= 0.3 is 5.97 Å². The third-order valence-electron chi connectivity index (χ3n) is 2.73. The van der Waals surface area contributed by atoms with Crippen LogP contribution in [0.15, 0.2) is 29.4 Å². The maximum atomic E-state index is 12.1. The highest BCUT2D eigenvalue weighted by molar-refractivity contribution is 7.92. The summed E-state index contributed by atoms with van der Waals surface area (Å²) >= 11 is 0. The zero-order chi connectivity index (χ0) is 14.9. The number of nitrogens with zero attached hydrogens (tertiary/aromatic N) is 1. The van der Waals surface area contributed by atoms with Gasteiger partial charge in [0.15, 0.2) is 0 Å². The largest absolute Gasteiger partial charge is 0.478 e. The summed E-state index contributed by atoms with van der Waals surface area (Å²) in [4.78, 5) is 11.2. The summed E-state index contributed by atoms with van der Waals surface area (Å²) in [5.41, 5.74) is 1.25. The van der Waals surface area contributed by atoms with Crippen molar-refractivity contribution in [3.8, 4) is 0 Å². The van der Waals surface area contributed by atoms with Crippen molar-refractivity contribution in [3.63, 3.8) is 0 Å². The molecule has 20 heavy (non-hydrogen) atoms. The van der Waals surface area contributed by atoms with Crippen LogP contribution in [0.3, 0.4) is 0 Å². The number of hydrogen-bond donors (Lipinski definition) is 3. The van der Waals surface area contributed by atoms with Crippen LogP contribution in [0.5, 0.6) is 0 Å². The van der Waals surface area contributed by atoms with Crippen LogP contribution in [0.4, 0.5) is 5.69 Å². The molecule has 0 fully saturated rings. The Morgan fingerprint density at radius 1 is 1.35 bits per heavy atom. The molecule has 0 saturated carbocycles. The molecule has 7 nitrogen and oxygen atoms in total. The number of aromatic amines is 1. The summed E-state index contributed by atoms with van der Waals surface area (Å²) in [5, 5.41) is 15.1. The van der Waals surface area contributed by atoms with E-state index in [-0.39, 0.29) is 16.1 Å². The highest BCUT2D eigenvalue weighted by atomic mass is 32.2. The van der Waals surface area contributed by atoms with E-state index in [9.17, 15) is 18.3 Å². The number of nitrogens with one attached hydrogen (secondary N) is 2. The van der Waals surface area contributed by atoms with Crippen molar-refractivity contribution in [2.45, 2.75) is 18.7 Å². The second-order valence-corrected chi connectivity index (χ2v) is 6.03. The molecule has 0 aliphatic rings. The Bertz CT molecular complexity index is 751. The third-order valence-corrected chi connectivity index (χ3v) is 4.05. The quantitative estimate of drug-likeness (QED) is 0.791. The topological polar surface area (TPSA) is 112 Å². The first kappa shape index (κ1) is 14.1. The van der Waals surface area contributed by atoms with Crippen LogP contribution in [0.25, 0.3) is 0 Å². The number of aryl methyl sites for hydroxylation is 2. The number of sulfonamides is 1. The van der Waals surface area contributed by atoms with Crippen molar-refractivity contribution in [1.82, 2.24) is 10.2 Å². The monoisotopic (exact) mass is 295 g/mol. The van der Waals surface area contributed by atoms with Crippen LogP contribution < -0.4 is 4.72 Å². The molecular formula is C12H13N3O4S. The summed E-state index contributed by atoms with van der Waals surface area (Å²) in [7, 11) is -3.87. The third kappa shape index (κ3) is 2.64. The van der Waals surface area contributed by atoms with Gasteiger partial charge in [-0.2, -0.15) is 5.10 Å². The number of H-pyrrole nitrogens is 1. The molecule has 1 heterocycles. The Balaban J connectivity index is 2.52. The van der Waals surface area contributed by atoms with Gasteiger partial charge in [0.25, 0.3) is 10.0 Å². The molecule has 3 N–H and O–H groups in total. The molecule has 1 aromatic carbocycles. The molecule has 0 amide bonds. The average Bonchev–Trinajstić information content (AvgIpc) is 2.86. The van der Waals surface area contributed by atoms with E-state index in [4.69, 9.17) is 0 Å². The molecule has 0 aliphatic carbocycles. The van der Waals surface area contributed by atoms with E-state index in [0.717, 1.165) is 11.8 Å². The summed E-state index contributed by atoms with van der Waals surface area (Å²) in [6.07, 6.45) is 2.36. The molecule has 0 spiro atoms. The van der Waals surface area contributed by atoms with Gasteiger partial charge in [0, 0.05) is 6.20 Å². The van der Waals surface area contributed by atoms with E-state index in [1.165, 1.54) is 12.3 Å². The van der Waals surface area contributed by atoms with Crippen LogP contribution >= 0.6 is 0 Å². The molecule has 8 heteroatoms. The van der Waals surface area contributed by atoms with Gasteiger partial charge in [-0.15, -0.1) is 0 Å². The molecule has 2 aromatic rings. The summed E-state index contributed by atoms with van der Waals surface area (Å²) in [5.74, 6) is -1.19. The maximum absolute atomic E-state index is 12.1. The van der Waals surface area contributed by atoms with Crippen molar-refractivity contribution in [1.29, 1.82) is 0 Å². The van der Waals surface area contributed by atoms with Gasteiger partial charge in [-0.25, -0.2) is 13.2 Å². The highest BCUT2D eigenvalue weighted by Gasteiger charge is 2.21. The second kappa shape index (κ2) is 4.97. The van der Waals surface area contributed by atoms with Crippen LogP contribution in [-0.4, -0.2) is 29.7 Å². The van der Waals surface area contributed by atoms with E-state index in [1.54, 1.807) is 19.9 Å². The van der Waals surface area contributed by atoms with Gasteiger partial charge in [0.2, 0.25) is 0 Å². The molecule has 0 saturated heterocycles. The number of benzene rings is 1. The first-order chi connectivity index (χ1) is 9.31. The molecule has 2 rings (SSSR count). The van der Waals surface area contributed by atoms with Crippen molar-refractivity contribution in [2.24, 2.45) is 0 Å². The van der Waals surface area contributed by atoms with Gasteiger partial charge in [-0.3, -0.25) is 9.82 Å². The number of carbonyl (C=O) groups is 1. The lowest BCUT2D eigenvalue weighted by Gasteiger charge is -2.13. The van der Waals surface area contributed by atoms with Crippen LogP contribution in [0.1, 0.15) is 21.5 Å². The zero-order valence-corrected chi connectivity index (χ0v) is 11.7. The maximum Gasteiger partial charge on any atom is 0.337 e. The van der Waals surface area contributed by atoms with Crippen molar-refractivity contribution in [3.05, 3.63) is 41.2 Å². The number of rotatable bonds is 4. The minimum atomic E-state index is -3.87. The first-order valence-electron chi connectivity index (χ1n) is 5.67. The minimum absolute atomic E-state index is 0.0595. The SMILES string of the molecule is Cc1cc(C)c(NS(=O)(=O)c2cn[nH]c2)c(C(=O)O)c1. The Labute approximate surface area is 115 Å². The average molecular weight is 295 g/mol. The summed E-state index contributed by atoms with van der Waals surface area (Å²) in [6.45, 7) is 3.39. The van der Waals surface area contributed by atoms with Crippen LogP contribution in [0.2, 0.25) is 0 Å². The predicted octanol–water partition coefficient (Wildman–Crippen LogP) is 1.53. The zero-order valence-electron chi connectivity index (χ0n) is 10.8. The van der Waals surface area contributed by atoms with Gasteiger partial charge < -0.3 is 5.11 Å². The smallest absolute Gasteiger partial charge is 0.337 e. The number of carboxylic acids is 1. The molecule has 1 aromatic heterocycles. The molecular weight excluding hydrogens is 282 g/mol. The highest BCUT2D eigenvalue weighted by Crippen LogP contribution is 2.25. The van der Waals surface area contributed by atoms with E-state index < -0.39 is 16.0 Å². The predicted molar refractivity (Wildman–Crippen MR) is 72.3 cm³/mol. The Kier molecular flexibility index (Phi) is 3.49. The number of hydrogen-bond acceptors (Lipinski definition) is 4. The van der Waals surface area contributed by atoms with E-state index in [2.05, 4.69) is 14.9 Å². The van der Waals surface area contributed by atoms with Crippen molar-refractivity contribution >= 4 is 21.7 Å². The molecule has 0 radical (unpaired) electrons. The number of aromatic carboxylic acids is 1. The van der Waals surface area contributed by atoms with E-state index in [0.29, 0.717) is 5.56 Å². The summed E-state index contributed by atoms with van der Waals surface area (Å²) < 4.78 is 26.5. The lowest BCUT2D eigenvalue weighted by molar-refractivity contribution is 0.0698. The van der Waals surface area contributed by atoms with Crippen LogP contribution in [-0.2, 0) is 10.0 Å². The van der Waals surface area contributed by atoms with E-state index in [1.807, 2.05) is 0 Å². The van der Waals surface area contributed by atoms with Crippen molar-refractivity contribution < 1.29 is 18.3 Å². The molecule has 0 unspecified atom stereocenters. The lowest BCUT2D eigenvalue weighted by Crippen LogP contribution is -2.16. The first-order valence-corrected chi connectivity index (χ1v) is 7.16. The minimum Gasteiger partial charge on any atom is -0.478 e. The fourth-order valence-corrected chi connectivity index (χ4v) is 2.91. The Morgan fingerprint density at radius 2 is 2.05 bits per heavy atom. The molecule has 0 atom stereocenters. The fraction of sp³-hybridized carbons (Fsp3) is 0.167. The van der Waals surface area contributed by atoms with Gasteiger partial charge in [-0.1, -0.05) is 6.07 Å². The normalized spacial score (nSPS) is 11.3. The number of aromatic nitrogens is 2. The van der Waals surface area contributed by atoms with Gasteiger partial charge in [0.1, 0.15) is 4.90 Å². The van der Waals surface area contributed by atoms with E-state index >= 15 is 0 Å². The molecule has 0 aliphatic heterocycles. The Hall–Kier alpha value is -2.35. The molecule has 106 valence electrons. The second-order valence-electron chi connectivity index (χ2n) is 4.35. The molecule has 0 bridgehead atoms. The van der Waals surface area contributed by atoms with Gasteiger partial charge in [0.05, 0.1) is 17.4 Å². The lowest BCUT2D eigenvalue weighted by atomic mass is 10.0. The Morgan fingerprint density at radius 3 is 2.60 bits per heavy atom. The standard InChI is InChI=1S/C12H13N3O4S/c1-7-3-8(2)11(10(4-7)12(16)17)15-20(18,19)9-5-13-14-6-9/h3-6,15H,1-2H3,(H,13,14)(H,16,17). The summed E-state index contributed by atoms with van der Waals surface area (Å²) in [6, 6.07) is 3.13. The fourth-order valence-electron chi connectivity index (χ4n) is 1.85. The van der Waals surface area contributed by atoms with Crippen LogP contribution in [0, 0.1) is 13.8 Å². The van der Waals surface area contributed by atoms with Gasteiger partial charge in [-0.05, 0) is 31.0 Å². The van der Waals surface area contributed by atoms with Crippen molar-refractivity contribution in [2.75, 3.05) is 4.72 Å². The number of carboxylic acid groups (broad SMARTS) is 1.